The molecular weight excluding hydrogens is 238 g/mol. The maximum atomic E-state index is 4.35. The van der Waals surface area contributed by atoms with E-state index in [4.69, 9.17) is 0 Å². The van der Waals surface area contributed by atoms with E-state index in [0.717, 1.165) is 30.2 Å². The fourth-order valence-electron chi connectivity index (χ4n) is 1.66. The standard InChI is InChI=1S/C14H19N5/c1-10(2)6-15-7-12-8-17-14(18-9-12)13-4-5-16-11(3)19-13/h4-5,8-10,15H,6-7H2,1-3H3. The summed E-state index contributed by atoms with van der Waals surface area (Å²) in [6.07, 6.45) is 5.40. The van der Waals surface area contributed by atoms with Crippen LogP contribution in [0, 0.1) is 12.8 Å². The van der Waals surface area contributed by atoms with Crippen LogP contribution in [-0.2, 0) is 6.54 Å². The molecule has 1 N–H and O–H groups in total. The minimum absolute atomic E-state index is 0.637. The van der Waals surface area contributed by atoms with E-state index in [2.05, 4.69) is 39.1 Å². The summed E-state index contributed by atoms with van der Waals surface area (Å²) >= 11 is 0. The van der Waals surface area contributed by atoms with Gasteiger partial charge in [-0.3, -0.25) is 0 Å². The van der Waals surface area contributed by atoms with E-state index in [9.17, 15) is 0 Å². The zero-order valence-electron chi connectivity index (χ0n) is 11.6. The van der Waals surface area contributed by atoms with Crippen molar-refractivity contribution in [3.05, 3.63) is 36.0 Å². The maximum absolute atomic E-state index is 4.35. The highest BCUT2D eigenvalue weighted by molar-refractivity contribution is 5.47. The van der Waals surface area contributed by atoms with Gasteiger partial charge in [0, 0.05) is 30.7 Å². The van der Waals surface area contributed by atoms with Gasteiger partial charge in [-0.2, -0.15) is 0 Å². The highest BCUT2D eigenvalue weighted by Crippen LogP contribution is 2.10. The van der Waals surface area contributed by atoms with Gasteiger partial charge in [0.05, 0.1) is 0 Å². The van der Waals surface area contributed by atoms with Crippen LogP contribution in [0.4, 0.5) is 0 Å². The second-order valence-electron chi connectivity index (χ2n) is 4.93. The first-order valence-corrected chi connectivity index (χ1v) is 6.47. The second kappa shape index (κ2) is 6.33. The van der Waals surface area contributed by atoms with Gasteiger partial charge < -0.3 is 5.32 Å². The molecule has 2 aromatic rings. The minimum atomic E-state index is 0.637. The van der Waals surface area contributed by atoms with Crippen molar-refractivity contribution in [2.24, 2.45) is 5.92 Å². The van der Waals surface area contributed by atoms with Gasteiger partial charge in [0.2, 0.25) is 0 Å². The normalized spacial score (nSPS) is 10.9. The van der Waals surface area contributed by atoms with Gasteiger partial charge >= 0.3 is 0 Å². The lowest BCUT2D eigenvalue weighted by Gasteiger charge is -2.07. The molecule has 0 amide bonds. The summed E-state index contributed by atoms with van der Waals surface area (Å²) in [4.78, 5) is 17.1. The summed E-state index contributed by atoms with van der Waals surface area (Å²) in [6, 6.07) is 1.82. The molecule has 0 saturated heterocycles. The zero-order chi connectivity index (χ0) is 13.7. The van der Waals surface area contributed by atoms with Crippen LogP contribution >= 0.6 is 0 Å². The Bertz CT molecular complexity index is 522. The molecule has 0 fully saturated rings. The molecule has 0 aliphatic carbocycles. The molecule has 100 valence electrons. The Hall–Kier alpha value is -1.88. The summed E-state index contributed by atoms with van der Waals surface area (Å²) in [5.41, 5.74) is 1.84. The third-order valence-corrected chi connectivity index (χ3v) is 2.59. The van der Waals surface area contributed by atoms with Gasteiger partial charge in [-0.15, -0.1) is 0 Å². The van der Waals surface area contributed by atoms with Gasteiger partial charge in [-0.25, -0.2) is 19.9 Å². The highest BCUT2D eigenvalue weighted by atomic mass is 14.9. The van der Waals surface area contributed by atoms with E-state index < -0.39 is 0 Å². The molecule has 0 aromatic carbocycles. The van der Waals surface area contributed by atoms with Crippen LogP contribution in [-0.4, -0.2) is 26.5 Å². The Kier molecular flexibility index (Phi) is 4.52. The van der Waals surface area contributed by atoms with E-state index in [0.29, 0.717) is 11.7 Å². The topological polar surface area (TPSA) is 63.6 Å². The molecule has 0 spiro atoms. The highest BCUT2D eigenvalue weighted by Gasteiger charge is 2.03. The van der Waals surface area contributed by atoms with Crippen molar-refractivity contribution in [1.82, 2.24) is 25.3 Å². The van der Waals surface area contributed by atoms with Gasteiger partial charge in [0.1, 0.15) is 11.5 Å². The molecule has 0 saturated carbocycles. The lowest BCUT2D eigenvalue weighted by molar-refractivity contribution is 0.551. The molecule has 0 radical (unpaired) electrons. The SMILES string of the molecule is Cc1nccc(-c2ncc(CNCC(C)C)cn2)n1. The van der Waals surface area contributed by atoms with Crippen LogP contribution in [0.5, 0.6) is 0 Å². The van der Waals surface area contributed by atoms with Gasteiger partial charge in [-0.1, -0.05) is 13.8 Å². The number of aromatic nitrogens is 4. The largest absolute Gasteiger partial charge is 0.312 e. The van der Waals surface area contributed by atoms with Gasteiger partial charge in [0.25, 0.3) is 0 Å². The molecule has 2 heterocycles. The van der Waals surface area contributed by atoms with E-state index in [1.807, 2.05) is 25.4 Å². The van der Waals surface area contributed by atoms with Crippen molar-refractivity contribution in [2.45, 2.75) is 27.3 Å². The first kappa shape index (κ1) is 13.5. The number of rotatable bonds is 5. The van der Waals surface area contributed by atoms with E-state index >= 15 is 0 Å². The molecule has 2 aromatic heterocycles. The third kappa shape index (κ3) is 4.06. The molecule has 0 aliphatic heterocycles. The third-order valence-electron chi connectivity index (χ3n) is 2.59. The fourth-order valence-corrected chi connectivity index (χ4v) is 1.66. The predicted molar refractivity (Wildman–Crippen MR) is 74.3 cm³/mol. The summed E-state index contributed by atoms with van der Waals surface area (Å²) < 4.78 is 0. The first-order valence-electron chi connectivity index (χ1n) is 6.47. The molecule has 5 heteroatoms. The molecule has 0 unspecified atom stereocenters. The monoisotopic (exact) mass is 257 g/mol. The number of hydrogen-bond acceptors (Lipinski definition) is 5. The molecule has 2 rings (SSSR count). The lowest BCUT2D eigenvalue weighted by atomic mass is 10.2. The van der Waals surface area contributed by atoms with Crippen molar-refractivity contribution >= 4 is 0 Å². The fraction of sp³-hybridized carbons (Fsp3) is 0.429. The average molecular weight is 257 g/mol. The van der Waals surface area contributed by atoms with Crippen LogP contribution < -0.4 is 5.32 Å². The number of aryl methyl sites for hydroxylation is 1. The van der Waals surface area contributed by atoms with Crippen LogP contribution in [0.1, 0.15) is 25.2 Å². The van der Waals surface area contributed by atoms with Crippen molar-refractivity contribution in [3.63, 3.8) is 0 Å². The smallest absolute Gasteiger partial charge is 0.178 e. The second-order valence-corrected chi connectivity index (χ2v) is 4.93. The zero-order valence-corrected chi connectivity index (χ0v) is 11.6. The van der Waals surface area contributed by atoms with E-state index in [1.165, 1.54) is 0 Å². The van der Waals surface area contributed by atoms with Gasteiger partial charge in [0.15, 0.2) is 5.82 Å². The van der Waals surface area contributed by atoms with Crippen molar-refractivity contribution in [2.75, 3.05) is 6.54 Å². The Labute approximate surface area is 113 Å². The lowest BCUT2D eigenvalue weighted by Crippen LogP contribution is -2.19. The summed E-state index contributed by atoms with van der Waals surface area (Å²) in [6.45, 7) is 8.01. The number of nitrogens with zero attached hydrogens (tertiary/aromatic N) is 4. The molecule has 0 aliphatic rings. The Morgan fingerprint density at radius 3 is 2.53 bits per heavy atom. The molecule has 5 nitrogen and oxygen atoms in total. The molecular formula is C14H19N5. The van der Waals surface area contributed by atoms with Gasteiger partial charge in [-0.05, 0) is 25.5 Å². The van der Waals surface area contributed by atoms with E-state index in [-0.39, 0.29) is 0 Å². The quantitative estimate of drug-likeness (QED) is 0.887. The van der Waals surface area contributed by atoms with Crippen molar-refractivity contribution < 1.29 is 0 Å². The Morgan fingerprint density at radius 2 is 1.89 bits per heavy atom. The minimum Gasteiger partial charge on any atom is -0.312 e. The Balaban J connectivity index is 2.02. The van der Waals surface area contributed by atoms with Crippen LogP contribution in [0.3, 0.4) is 0 Å². The molecule has 19 heavy (non-hydrogen) atoms. The van der Waals surface area contributed by atoms with Crippen LogP contribution in [0.15, 0.2) is 24.7 Å². The van der Waals surface area contributed by atoms with E-state index in [1.54, 1.807) is 6.20 Å². The molecule has 0 atom stereocenters. The Morgan fingerprint density at radius 1 is 1.16 bits per heavy atom. The molecule has 0 bridgehead atoms. The number of nitrogens with one attached hydrogen (secondary N) is 1. The number of hydrogen-bond donors (Lipinski definition) is 1. The van der Waals surface area contributed by atoms with Crippen LogP contribution in [0.25, 0.3) is 11.5 Å². The predicted octanol–water partition coefficient (Wildman–Crippen LogP) is 1.99. The summed E-state index contributed by atoms with van der Waals surface area (Å²) in [5.74, 6) is 2.01. The van der Waals surface area contributed by atoms with Crippen molar-refractivity contribution in [3.8, 4) is 11.5 Å². The first-order chi connectivity index (χ1) is 9.15. The van der Waals surface area contributed by atoms with Crippen molar-refractivity contribution in [1.29, 1.82) is 0 Å². The maximum Gasteiger partial charge on any atom is 0.178 e. The van der Waals surface area contributed by atoms with Crippen LogP contribution in [0.2, 0.25) is 0 Å². The average Bonchev–Trinajstić information content (AvgIpc) is 2.39. The summed E-state index contributed by atoms with van der Waals surface area (Å²) in [7, 11) is 0. The summed E-state index contributed by atoms with van der Waals surface area (Å²) in [5, 5.41) is 3.36.